The van der Waals surface area contributed by atoms with E-state index in [4.69, 9.17) is 21.1 Å². The minimum absolute atomic E-state index is 0.282. The van der Waals surface area contributed by atoms with E-state index in [9.17, 15) is 0 Å². The lowest BCUT2D eigenvalue weighted by Gasteiger charge is -2.24. The fraction of sp³-hybridized carbons (Fsp3) is 0.533. The summed E-state index contributed by atoms with van der Waals surface area (Å²) in [5.41, 5.74) is 1.60. The summed E-state index contributed by atoms with van der Waals surface area (Å²) < 4.78 is 13.3. The van der Waals surface area contributed by atoms with Crippen LogP contribution in [0.15, 0.2) is 18.2 Å². The van der Waals surface area contributed by atoms with Crippen molar-refractivity contribution < 1.29 is 9.47 Å². The van der Waals surface area contributed by atoms with Crippen LogP contribution in [0.3, 0.4) is 0 Å². The van der Waals surface area contributed by atoms with E-state index in [0.29, 0.717) is 19.0 Å². The molecule has 0 atom stereocenters. The molecule has 0 unspecified atom stereocenters. The molecule has 0 radical (unpaired) electrons. The van der Waals surface area contributed by atoms with Crippen molar-refractivity contribution in [3.05, 3.63) is 24.0 Å². The number of hydrogen-bond acceptors (Lipinski definition) is 3. The van der Waals surface area contributed by atoms with Crippen LogP contribution in [0.5, 0.6) is 5.75 Å². The SMILES string of the molecule is CCOc1cccc2c1nc(CCl)n2CC(C)(C)OC. The quantitative estimate of drug-likeness (QED) is 0.764. The molecule has 1 aromatic heterocycles. The van der Waals surface area contributed by atoms with Crippen molar-refractivity contribution in [1.29, 1.82) is 0 Å². The highest BCUT2D eigenvalue weighted by Gasteiger charge is 2.22. The van der Waals surface area contributed by atoms with Gasteiger partial charge in [-0.25, -0.2) is 4.98 Å². The molecule has 1 heterocycles. The van der Waals surface area contributed by atoms with E-state index in [1.165, 1.54) is 0 Å². The Kier molecular flexibility index (Phi) is 4.55. The van der Waals surface area contributed by atoms with E-state index >= 15 is 0 Å². The molecular formula is C15H21ClN2O2. The van der Waals surface area contributed by atoms with Gasteiger partial charge in [0.15, 0.2) is 0 Å². The number of nitrogens with zero attached hydrogens (tertiary/aromatic N) is 2. The van der Waals surface area contributed by atoms with Crippen molar-refractivity contribution >= 4 is 22.6 Å². The number of benzene rings is 1. The lowest BCUT2D eigenvalue weighted by molar-refractivity contribution is 0.00854. The van der Waals surface area contributed by atoms with Crippen molar-refractivity contribution in [3.8, 4) is 5.75 Å². The summed E-state index contributed by atoms with van der Waals surface area (Å²) >= 11 is 6.04. The van der Waals surface area contributed by atoms with Crippen molar-refractivity contribution in [2.75, 3.05) is 13.7 Å². The minimum atomic E-state index is -0.282. The van der Waals surface area contributed by atoms with Crippen LogP contribution in [0.4, 0.5) is 0 Å². The summed E-state index contributed by atoms with van der Waals surface area (Å²) in [7, 11) is 1.71. The number of rotatable bonds is 6. The molecule has 4 nitrogen and oxygen atoms in total. The highest BCUT2D eigenvalue weighted by molar-refractivity contribution is 6.16. The molecule has 0 spiro atoms. The standard InChI is InChI=1S/C15H21ClN2O2/c1-5-20-12-8-6-7-11-14(12)17-13(9-16)18(11)10-15(2,3)19-4/h6-8H,5,9-10H2,1-4H3. The Balaban J connectivity index is 2.55. The number of hydrogen-bond donors (Lipinski definition) is 0. The van der Waals surface area contributed by atoms with Crippen molar-refractivity contribution in [1.82, 2.24) is 9.55 Å². The molecule has 0 aliphatic carbocycles. The molecule has 2 rings (SSSR count). The Morgan fingerprint density at radius 3 is 2.70 bits per heavy atom. The van der Waals surface area contributed by atoms with Crippen molar-refractivity contribution in [2.45, 2.75) is 38.8 Å². The third-order valence-electron chi connectivity index (χ3n) is 3.33. The Labute approximate surface area is 124 Å². The lowest BCUT2D eigenvalue weighted by Crippen LogP contribution is -2.29. The smallest absolute Gasteiger partial charge is 0.147 e. The molecule has 0 amide bonds. The zero-order valence-electron chi connectivity index (χ0n) is 12.4. The van der Waals surface area contributed by atoms with Gasteiger partial charge in [0, 0.05) is 7.11 Å². The number of para-hydroxylation sites is 1. The third kappa shape index (κ3) is 2.91. The summed E-state index contributed by atoms with van der Waals surface area (Å²) in [6, 6.07) is 5.94. The van der Waals surface area contributed by atoms with Gasteiger partial charge in [-0.15, -0.1) is 11.6 Å². The van der Waals surface area contributed by atoms with E-state index < -0.39 is 0 Å². The average molecular weight is 297 g/mol. The Hall–Kier alpha value is -1.26. The van der Waals surface area contributed by atoms with Gasteiger partial charge in [-0.3, -0.25) is 0 Å². The highest BCUT2D eigenvalue weighted by atomic mass is 35.5. The number of imidazole rings is 1. The van der Waals surface area contributed by atoms with Crippen LogP contribution in [-0.4, -0.2) is 28.9 Å². The Morgan fingerprint density at radius 2 is 2.10 bits per heavy atom. The fourth-order valence-electron chi connectivity index (χ4n) is 2.17. The molecule has 110 valence electrons. The van der Waals surface area contributed by atoms with Crippen LogP contribution >= 0.6 is 11.6 Å². The molecular weight excluding hydrogens is 276 g/mol. The van der Waals surface area contributed by atoms with Gasteiger partial charge in [0.2, 0.25) is 0 Å². The van der Waals surface area contributed by atoms with Crippen LogP contribution in [0.25, 0.3) is 11.0 Å². The average Bonchev–Trinajstić information content (AvgIpc) is 2.78. The molecule has 0 aliphatic rings. The molecule has 5 heteroatoms. The maximum absolute atomic E-state index is 6.04. The first-order chi connectivity index (χ1) is 9.52. The maximum atomic E-state index is 6.04. The van der Waals surface area contributed by atoms with Gasteiger partial charge in [-0.1, -0.05) is 6.07 Å². The summed E-state index contributed by atoms with van der Waals surface area (Å²) in [5.74, 6) is 1.99. The van der Waals surface area contributed by atoms with Gasteiger partial charge in [0.05, 0.1) is 30.1 Å². The number of fused-ring (bicyclic) bond motifs is 1. The monoisotopic (exact) mass is 296 g/mol. The van der Waals surface area contributed by atoms with Crippen LogP contribution in [0, 0.1) is 0 Å². The van der Waals surface area contributed by atoms with Gasteiger partial charge >= 0.3 is 0 Å². The maximum Gasteiger partial charge on any atom is 0.147 e. The third-order valence-corrected chi connectivity index (χ3v) is 3.57. The second kappa shape index (κ2) is 6.02. The lowest BCUT2D eigenvalue weighted by atomic mass is 10.1. The van der Waals surface area contributed by atoms with Gasteiger partial charge in [0.25, 0.3) is 0 Å². The van der Waals surface area contributed by atoms with Gasteiger partial charge in [0.1, 0.15) is 17.1 Å². The topological polar surface area (TPSA) is 36.3 Å². The summed E-state index contributed by atoms with van der Waals surface area (Å²) in [6.45, 7) is 7.36. The number of halogens is 1. The number of ether oxygens (including phenoxy) is 2. The first-order valence-corrected chi connectivity index (χ1v) is 7.28. The molecule has 0 saturated carbocycles. The van der Waals surface area contributed by atoms with E-state index in [0.717, 1.165) is 22.6 Å². The first kappa shape index (κ1) is 15.1. The summed E-state index contributed by atoms with van der Waals surface area (Å²) in [5, 5.41) is 0. The molecule has 20 heavy (non-hydrogen) atoms. The van der Waals surface area contributed by atoms with Gasteiger partial charge in [-0.05, 0) is 32.9 Å². The summed E-state index contributed by atoms with van der Waals surface area (Å²) in [6.07, 6.45) is 0. The molecule has 2 aromatic rings. The van der Waals surface area contributed by atoms with Gasteiger partial charge < -0.3 is 14.0 Å². The number of methoxy groups -OCH3 is 1. The van der Waals surface area contributed by atoms with E-state index in [2.05, 4.69) is 9.55 Å². The fourth-order valence-corrected chi connectivity index (χ4v) is 2.37. The van der Waals surface area contributed by atoms with Crippen LogP contribution in [0.1, 0.15) is 26.6 Å². The van der Waals surface area contributed by atoms with E-state index in [-0.39, 0.29) is 5.60 Å². The van der Waals surface area contributed by atoms with Crippen molar-refractivity contribution in [2.24, 2.45) is 0 Å². The van der Waals surface area contributed by atoms with Crippen LogP contribution < -0.4 is 4.74 Å². The number of alkyl halides is 1. The predicted octanol–water partition coefficient (Wildman–Crippen LogP) is 3.60. The Morgan fingerprint density at radius 1 is 1.35 bits per heavy atom. The Bertz CT molecular complexity index is 593. The van der Waals surface area contributed by atoms with Crippen LogP contribution in [0.2, 0.25) is 0 Å². The van der Waals surface area contributed by atoms with Gasteiger partial charge in [-0.2, -0.15) is 0 Å². The highest BCUT2D eigenvalue weighted by Crippen LogP contribution is 2.28. The van der Waals surface area contributed by atoms with E-state index in [1.54, 1.807) is 7.11 Å². The molecule has 0 saturated heterocycles. The zero-order chi connectivity index (χ0) is 14.8. The normalized spacial score (nSPS) is 12.1. The second-order valence-electron chi connectivity index (χ2n) is 5.27. The second-order valence-corrected chi connectivity index (χ2v) is 5.54. The molecule has 0 bridgehead atoms. The first-order valence-electron chi connectivity index (χ1n) is 6.74. The minimum Gasteiger partial charge on any atom is -0.492 e. The zero-order valence-corrected chi connectivity index (χ0v) is 13.2. The molecule has 0 fully saturated rings. The number of aromatic nitrogens is 2. The molecule has 1 aromatic carbocycles. The largest absolute Gasteiger partial charge is 0.492 e. The summed E-state index contributed by atoms with van der Waals surface area (Å²) in [4.78, 5) is 4.62. The molecule has 0 N–H and O–H groups in total. The predicted molar refractivity (Wildman–Crippen MR) is 81.5 cm³/mol. The molecule has 0 aliphatic heterocycles. The van der Waals surface area contributed by atoms with Crippen molar-refractivity contribution in [3.63, 3.8) is 0 Å². The van der Waals surface area contributed by atoms with E-state index in [1.807, 2.05) is 39.0 Å². The van der Waals surface area contributed by atoms with Crippen LogP contribution in [-0.2, 0) is 17.2 Å².